The fraction of sp³-hybridized carbons (Fsp3) is 1.00. The number of hydrogen-bond acceptors (Lipinski definition) is 35. The van der Waals surface area contributed by atoms with E-state index in [4.69, 9.17) is 66.3 Å². The van der Waals surface area contributed by atoms with Gasteiger partial charge < -0.3 is 168 Å². The third-order valence-electron chi connectivity index (χ3n) is 14.9. The lowest BCUT2D eigenvalue weighted by Gasteiger charge is -2.50. The number of aliphatic hydroxyl groups excluding tert-OH is 20. The van der Waals surface area contributed by atoms with E-state index < -0.39 is 261 Å². The maximum atomic E-state index is 11.5. The summed E-state index contributed by atoms with van der Waals surface area (Å²) in [6, 6.07) is 0. The number of nitrogens with zero attached hydrogens (tertiary/aromatic N) is 3. The molecule has 20 N–H and O–H groups in total. The standard InChI is InChI=1S/C42H69N3O34/c43-45-44-1-8-29-15(52)22(59)36(66-8)74-30-9(2-46)68-38(24(61)17(30)54)76-32-11(4-48)70-40(26(63)19(32)56)78-34-13(6-50)72-42(28(65)21(34)58)79-35-14(7-51)71-41(27(64)20(35)57)77-33-12(5-49)69-39(25(62)18(33)55)75-31-10(3-47)67-37(73-29)23(60)16(31)53/h8-42,46-65H,1-7H2. The normalized spacial score (nSPS) is 54.1. The Morgan fingerprint density at radius 3 is 0.544 bits per heavy atom. The van der Waals surface area contributed by atoms with Crippen molar-refractivity contribution in [2.75, 3.05) is 46.2 Å². The molecule has 21 heterocycles. The van der Waals surface area contributed by atoms with E-state index in [0.29, 0.717) is 0 Å². The zero-order valence-corrected chi connectivity index (χ0v) is 41.2. The van der Waals surface area contributed by atoms with Crippen LogP contribution in [0.1, 0.15) is 0 Å². The Hall–Kier alpha value is -2.05. The lowest BCUT2D eigenvalue weighted by molar-refractivity contribution is -0.396. The largest absolute Gasteiger partial charge is 0.394 e. The van der Waals surface area contributed by atoms with Gasteiger partial charge in [0.25, 0.3) is 0 Å². The molecule has 35 unspecified atom stereocenters. The van der Waals surface area contributed by atoms with Gasteiger partial charge in [-0.05, 0) is 5.53 Å². The molecule has 21 fully saturated rings. The Morgan fingerprint density at radius 1 is 0.241 bits per heavy atom. The van der Waals surface area contributed by atoms with Gasteiger partial charge in [0.15, 0.2) is 44.0 Å². The molecular weight excluding hydrogens is 1090 g/mol. The average Bonchev–Trinajstić information content (AvgIpc) is 3.46. The molecular formula is C42H69N3O34. The van der Waals surface area contributed by atoms with E-state index in [9.17, 15) is 108 Å². The van der Waals surface area contributed by atoms with Crippen LogP contribution in [0.5, 0.6) is 0 Å². The molecule has 37 nitrogen and oxygen atoms in total. The van der Waals surface area contributed by atoms with Gasteiger partial charge in [0.2, 0.25) is 0 Å². The first kappa shape index (κ1) is 63.0. The zero-order chi connectivity index (χ0) is 57.5. The zero-order valence-electron chi connectivity index (χ0n) is 41.2. The average molecular weight is 1160 g/mol. The van der Waals surface area contributed by atoms with Crippen molar-refractivity contribution in [3.8, 4) is 0 Å². The van der Waals surface area contributed by atoms with E-state index in [1.54, 1.807) is 0 Å². The minimum absolute atomic E-state index is 0.745. The molecule has 0 spiro atoms. The van der Waals surface area contributed by atoms with Gasteiger partial charge in [-0.25, -0.2) is 0 Å². The molecule has 21 aliphatic rings. The maximum Gasteiger partial charge on any atom is 0.187 e. The van der Waals surface area contributed by atoms with Crippen LogP contribution in [0.2, 0.25) is 0 Å². The van der Waals surface area contributed by atoms with E-state index in [-0.39, 0.29) is 0 Å². The van der Waals surface area contributed by atoms with E-state index in [1.165, 1.54) is 0 Å². The minimum atomic E-state index is -2.23. The summed E-state index contributed by atoms with van der Waals surface area (Å²) in [5.74, 6) is 0. The number of ether oxygens (including phenoxy) is 14. The fourth-order valence-corrected chi connectivity index (χ4v) is 10.5. The van der Waals surface area contributed by atoms with Crippen LogP contribution in [0, 0.1) is 0 Å². The molecule has 21 rings (SSSR count). The first-order valence-electron chi connectivity index (χ1n) is 25.0. The second-order valence-electron chi connectivity index (χ2n) is 19.9. The molecule has 0 amide bonds. The maximum absolute atomic E-state index is 11.5. The van der Waals surface area contributed by atoms with Crippen LogP contribution in [-0.4, -0.2) is 363 Å². The van der Waals surface area contributed by atoms with E-state index in [1.807, 2.05) is 0 Å². The number of aliphatic hydroxyl groups is 20. The second-order valence-corrected chi connectivity index (χ2v) is 19.9. The van der Waals surface area contributed by atoms with E-state index >= 15 is 0 Å². The topological polar surface area (TPSA) is 583 Å². The molecule has 21 saturated heterocycles. The molecule has 456 valence electrons. The summed E-state index contributed by atoms with van der Waals surface area (Å²) in [6.45, 7) is -7.08. The summed E-state index contributed by atoms with van der Waals surface area (Å²) in [4.78, 5) is 2.64. The van der Waals surface area contributed by atoms with Gasteiger partial charge in [-0.15, -0.1) is 0 Å². The molecule has 0 saturated carbocycles. The highest BCUT2D eigenvalue weighted by molar-refractivity contribution is 5.02. The van der Waals surface area contributed by atoms with Gasteiger partial charge in [-0.2, -0.15) is 0 Å². The molecule has 79 heavy (non-hydrogen) atoms. The predicted molar refractivity (Wildman–Crippen MR) is 235 cm³/mol. The summed E-state index contributed by atoms with van der Waals surface area (Å²) in [6.07, 6.45) is -70.7. The molecule has 0 aromatic heterocycles. The van der Waals surface area contributed by atoms with E-state index in [0.717, 1.165) is 0 Å². The summed E-state index contributed by atoms with van der Waals surface area (Å²) >= 11 is 0. The summed E-state index contributed by atoms with van der Waals surface area (Å²) < 4.78 is 79.9. The van der Waals surface area contributed by atoms with Crippen LogP contribution < -0.4 is 0 Å². The number of rotatable bonds is 8. The van der Waals surface area contributed by atoms with Crippen molar-refractivity contribution in [3.05, 3.63) is 10.4 Å². The smallest absolute Gasteiger partial charge is 0.187 e. The Bertz CT molecular complexity index is 1960. The highest BCUT2D eigenvalue weighted by Crippen LogP contribution is 2.39. The molecule has 37 heteroatoms. The van der Waals surface area contributed by atoms with Gasteiger partial charge in [0.05, 0.1) is 52.3 Å². The minimum Gasteiger partial charge on any atom is -0.394 e. The first-order valence-corrected chi connectivity index (χ1v) is 25.0. The Morgan fingerprint density at radius 2 is 0.392 bits per heavy atom. The molecule has 21 aliphatic heterocycles. The van der Waals surface area contributed by atoms with Crippen LogP contribution in [0.15, 0.2) is 5.11 Å². The van der Waals surface area contributed by atoms with Crippen molar-refractivity contribution in [3.63, 3.8) is 0 Å². The van der Waals surface area contributed by atoms with Crippen molar-refractivity contribution in [2.24, 2.45) is 5.11 Å². The van der Waals surface area contributed by atoms with E-state index in [2.05, 4.69) is 10.0 Å². The third-order valence-corrected chi connectivity index (χ3v) is 14.9. The third kappa shape index (κ3) is 12.5. The first-order chi connectivity index (χ1) is 37.7. The summed E-state index contributed by atoms with van der Waals surface area (Å²) in [5, 5.41) is 224. The fourth-order valence-electron chi connectivity index (χ4n) is 10.5. The number of azide groups is 1. The summed E-state index contributed by atoms with van der Waals surface area (Å²) in [7, 11) is 0. The Kier molecular flexibility index (Phi) is 21.4. The summed E-state index contributed by atoms with van der Waals surface area (Å²) in [5.41, 5.74) is 9.19. The SMILES string of the molecule is [N-]=[N+]=NCC1OC2OC3C(CO)OC(OC4C(CO)OC(OC5C(CO)OC(OC6C(CO)OC(OC7C(CO)OC(OC8C(CO)OC(OC1C(O)C2O)C(O)C8O)C(O)C7O)C(O)C6O)C(O)C5O)C(O)C4O)C(O)C3O. The van der Waals surface area contributed by atoms with Gasteiger partial charge in [-0.3, -0.25) is 0 Å². The van der Waals surface area contributed by atoms with Crippen LogP contribution in [-0.2, 0) is 66.3 Å². The van der Waals surface area contributed by atoms with Gasteiger partial charge in [0.1, 0.15) is 165 Å². The monoisotopic (exact) mass is 1160 g/mol. The molecule has 0 radical (unpaired) electrons. The second kappa shape index (κ2) is 26.9. The molecule has 0 aromatic carbocycles. The van der Waals surface area contributed by atoms with Gasteiger partial charge >= 0.3 is 0 Å². The molecule has 14 bridgehead atoms. The van der Waals surface area contributed by atoms with Crippen molar-refractivity contribution < 1.29 is 168 Å². The lowest BCUT2D eigenvalue weighted by atomic mass is 9.95. The quantitative estimate of drug-likeness (QED) is 0.0610. The predicted octanol–water partition coefficient (Wildman–Crippen LogP) is -13.9. The Balaban J connectivity index is 1.09. The van der Waals surface area contributed by atoms with Crippen molar-refractivity contribution in [2.45, 2.75) is 215 Å². The van der Waals surface area contributed by atoms with Gasteiger partial charge in [0, 0.05) is 4.91 Å². The van der Waals surface area contributed by atoms with Gasteiger partial charge in [-0.1, -0.05) is 5.11 Å². The molecule has 0 aliphatic carbocycles. The highest BCUT2D eigenvalue weighted by atomic mass is 16.8. The van der Waals surface area contributed by atoms with Crippen molar-refractivity contribution in [1.29, 1.82) is 0 Å². The molecule has 0 aromatic rings. The van der Waals surface area contributed by atoms with Crippen LogP contribution >= 0.6 is 0 Å². The lowest BCUT2D eigenvalue weighted by Crippen LogP contribution is -2.68. The Labute approximate surface area is 444 Å². The van der Waals surface area contributed by atoms with Crippen molar-refractivity contribution in [1.82, 2.24) is 0 Å². The van der Waals surface area contributed by atoms with Crippen molar-refractivity contribution >= 4 is 0 Å². The van der Waals surface area contributed by atoms with Crippen LogP contribution in [0.4, 0.5) is 0 Å². The molecule has 35 atom stereocenters. The van der Waals surface area contributed by atoms with Crippen LogP contribution in [0.25, 0.3) is 10.4 Å². The van der Waals surface area contributed by atoms with Crippen LogP contribution in [0.3, 0.4) is 0 Å². The number of hydrogen-bond donors (Lipinski definition) is 20. The highest BCUT2D eigenvalue weighted by Gasteiger charge is 2.59.